The van der Waals surface area contributed by atoms with Gasteiger partial charge in [-0.05, 0) is 48.5 Å². The van der Waals surface area contributed by atoms with Crippen LogP contribution in [0, 0.1) is 0 Å². The number of hydrogen-bond donors (Lipinski definition) is 2. The summed E-state index contributed by atoms with van der Waals surface area (Å²) in [5, 5.41) is 10.3. The predicted octanol–water partition coefficient (Wildman–Crippen LogP) is 4.90. The first kappa shape index (κ1) is 23.4. The van der Waals surface area contributed by atoms with Crippen LogP contribution >= 0.6 is 22.7 Å². The lowest BCUT2D eigenvalue weighted by Crippen LogP contribution is -2.13. The number of carbonyl (C=O) groups excluding carboxylic acids is 2. The minimum absolute atomic E-state index is 0.224. The number of amides is 2. The normalized spacial score (nSPS) is 10.6. The minimum atomic E-state index is -0.224. The number of anilines is 4. The van der Waals surface area contributed by atoms with Gasteiger partial charge in [-0.1, -0.05) is 0 Å². The predicted molar refractivity (Wildman–Crippen MR) is 141 cm³/mol. The van der Waals surface area contributed by atoms with Gasteiger partial charge in [-0.3, -0.25) is 20.2 Å². The molecule has 34 heavy (non-hydrogen) atoms. The summed E-state index contributed by atoms with van der Waals surface area (Å²) in [6.45, 7) is 0. The van der Waals surface area contributed by atoms with Crippen molar-refractivity contribution in [2.24, 2.45) is 0 Å². The zero-order valence-corrected chi connectivity index (χ0v) is 20.8. The molecule has 0 saturated heterocycles. The molecule has 0 radical (unpaired) electrons. The SMILES string of the molecule is CN(C)c1ccc(C(=O)Nc2nc(-c3csc(NC(=O)c4ccc(N(C)C)cc4)n3)cs2)cc1. The van der Waals surface area contributed by atoms with Crippen LogP contribution in [-0.4, -0.2) is 50.0 Å². The van der Waals surface area contributed by atoms with Crippen LogP contribution in [0.3, 0.4) is 0 Å². The quantitative estimate of drug-likeness (QED) is 0.381. The molecule has 2 aromatic heterocycles. The molecule has 8 nitrogen and oxygen atoms in total. The summed E-state index contributed by atoms with van der Waals surface area (Å²) >= 11 is 2.64. The monoisotopic (exact) mass is 492 g/mol. The summed E-state index contributed by atoms with van der Waals surface area (Å²) in [6.07, 6.45) is 0. The van der Waals surface area contributed by atoms with E-state index in [-0.39, 0.29) is 11.8 Å². The van der Waals surface area contributed by atoms with Crippen LogP contribution in [0.1, 0.15) is 20.7 Å². The second kappa shape index (κ2) is 10.0. The van der Waals surface area contributed by atoms with Crippen LogP contribution in [0.2, 0.25) is 0 Å². The van der Waals surface area contributed by atoms with Crippen molar-refractivity contribution >= 4 is 56.1 Å². The molecule has 4 rings (SSSR count). The Morgan fingerprint density at radius 1 is 0.647 bits per heavy atom. The van der Waals surface area contributed by atoms with Crippen LogP contribution in [0.4, 0.5) is 21.6 Å². The molecule has 0 atom stereocenters. The standard InChI is InChI=1S/C24H24N6O2S2/c1-29(2)17-9-5-15(6-10-17)21(31)27-23-25-19(13-33-23)20-14-34-24(26-20)28-22(32)16-7-11-18(12-8-16)30(3)4/h5-14H,1-4H3,(H,25,27,31)(H,26,28,32). The first-order chi connectivity index (χ1) is 16.3. The first-order valence-electron chi connectivity index (χ1n) is 10.4. The van der Waals surface area contributed by atoms with Gasteiger partial charge < -0.3 is 9.80 Å². The highest BCUT2D eigenvalue weighted by atomic mass is 32.1. The largest absolute Gasteiger partial charge is 0.378 e. The third-order valence-corrected chi connectivity index (χ3v) is 6.52. The van der Waals surface area contributed by atoms with E-state index < -0.39 is 0 Å². The van der Waals surface area contributed by atoms with E-state index in [9.17, 15) is 9.59 Å². The summed E-state index contributed by atoms with van der Waals surface area (Å²) < 4.78 is 0. The van der Waals surface area contributed by atoms with Crippen molar-refractivity contribution < 1.29 is 9.59 Å². The van der Waals surface area contributed by atoms with Gasteiger partial charge in [-0.25, -0.2) is 9.97 Å². The van der Waals surface area contributed by atoms with Gasteiger partial charge in [0.2, 0.25) is 0 Å². The Morgan fingerprint density at radius 2 is 1.00 bits per heavy atom. The van der Waals surface area contributed by atoms with Gasteiger partial charge in [0.15, 0.2) is 10.3 Å². The van der Waals surface area contributed by atoms with Crippen LogP contribution in [0.15, 0.2) is 59.3 Å². The highest BCUT2D eigenvalue weighted by Gasteiger charge is 2.14. The third-order valence-electron chi connectivity index (χ3n) is 5.00. The molecule has 0 bridgehead atoms. The highest BCUT2D eigenvalue weighted by molar-refractivity contribution is 7.15. The van der Waals surface area contributed by atoms with E-state index >= 15 is 0 Å². The number of aromatic nitrogens is 2. The van der Waals surface area contributed by atoms with Gasteiger partial charge in [0.25, 0.3) is 11.8 Å². The van der Waals surface area contributed by atoms with Crippen LogP contribution in [0.25, 0.3) is 11.4 Å². The van der Waals surface area contributed by atoms with Gasteiger partial charge >= 0.3 is 0 Å². The summed E-state index contributed by atoms with van der Waals surface area (Å²) in [6, 6.07) is 14.7. The van der Waals surface area contributed by atoms with E-state index in [1.54, 1.807) is 24.3 Å². The maximum atomic E-state index is 12.5. The molecule has 2 aromatic carbocycles. The van der Waals surface area contributed by atoms with Crippen molar-refractivity contribution in [1.29, 1.82) is 0 Å². The Hall–Kier alpha value is -3.76. The number of carbonyl (C=O) groups is 2. The van der Waals surface area contributed by atoms with E-state index in [0.29, 0.717) is 32.8 Å². The lowest BCUT2D eigenvalue weighted by molar-refractivity contribution is 0.101. The second-order valence-corrected chi connectivity index (χ2v) is 9.58. The number of benzene rings is 2. The van der Waals surface area contributed by atoms with Gasteiger partial charge in [0, 0.05) is 61.5 Å². The summed E-state index contributed by atoms with van der Waals surface area (Å²) in [5.74, 6) is -0.449. The summed E-state index contributed by atoms with van der Waals surface area (Å²) in [5.41, 5.74) is 4.42. The molecule has 0 aliphatic heterocycles. The zero-order chi connectivity index (χ0) is 24.2. The molecule has 0 spiro atoms. The third kappa shape index (κ3) is 5.41. The van der Waals surface area contributed by atoms with Crippen LogP contribution < -0.4 is 20.4 Å². The van der Waals surface area contributed by atoms with E-state index in [0.717, 1.165) is 11.4 Å². The smallest absolute Gasteiger partial charge is 0.257 e. The van der Waals surface area contributed by atoms with E-state index in [1.165, 1.54) is 22.7 Å². The second-order valence-electron chi connectivity index (χ2n) is 7.87. The van der Waals surface area contributed by atoms with Crippen molar-refractivity contribution in [2.45, 2.75) is 0 Å². The average molecular weight is 493 g/mol. The van der Waals surface area contributed by atoms with Crippen LogP contribution in [0.5, 0.6) is 0 Å². The van der Waals surface area contributed by atoms with Crippen molar-refractivity contribution in [3.63, 3.8) is 0 Å². The Morgan fingerprint density at radius 3 is 1.32 bits per heavy atom. The van der Waals surface area contributed by atoms with Gasteiger partial charge in [-0.15, -0.1) is 22.7 Å². The number of thiazole rings is 2. The zero-order valence-electron chi connectivity index (χ0n) is 19.2. The Bertz CT molecular complexity index is 1190. The molecule has 10 heteroatoms. The molecular formula is C24H24N6O2S2. The maximum Gasteiger partial charge on any atom is 0.257 e. The number of nitrogens with one attached hydrogen (secondary N) is 2. The van der Waals surface area contributed by atoms with Crippen molar-refractivity contribution in [2.75, 3.05) is 48.6 Å². The van der Waals surface area contributed by atoms with Gasteiger partial charge in [-0.2, -0.15) is 0 Å². The molecular weight excluding hydrogens is 468 g/mol. The minimum Gasteiger partial charge on any atom is -0.378 e. The fourth-order valence-electron chi connectivity index (χ4n) is 3.06. The lowest BCUT2D eigenvalue weighted by atomic mass is 10.2. The molecule has 2 N–H and O–H groups in total. The molecule has 0 unspecified atom stereocenters. The Balaban J connectivity index is 1.39. The summed E-state index contributed by atoms with van der Waals surface area (Å²) in [7, 11) is 7.79. The Kier molecular flexibility index (Phi) is 6.90. The van der Waals surface area contributed by atoms with E-state index in [1.807, 2.05) is 73.0 Å². The van der Waals surface area contributed by atoms with Crippen molar-refractivity contribution in [3.8, 4) is 11.4 Å². The average Bonchev–Trinajstić information content (AvgIpc) is 3.48. The number of nitrogens with zero attached hydrogens (tertiary/aromatic N) is 4. The lowest BCUT2D eigenvalue weighted by Gasteiger charge is -2.12. The fraction of sp³-hybridized carbons (Fsp3) is 0.167. The number of rotatable bonds is 7. The van der Waals surface area contributed by atoms with Crippen molar-refractivity contribution in [1.82, 2.24) is 9.97 Å². The first-order valence-corrected chi connectivity index (χ1v) is 12.1. The van der Waals surface area contributed by atoms with E-state index in [4.69, 9.17) is 0 Å². The van der Waals surface area contributed by atoms with Gasteiger partial charge in [0.1, 0.15) is 11.4 Å². The molecule has 0 fully saturated rings. The number of hydrogen-bond acceptors (Lipinski definition) is 8. The summed E-state index contributed by atoms with van der Waals surface area (Å²) in [4.78, 5) is 38.0. The fourth-order valence-corrected chi connectivity index (χ4v) is 4.46. The molecule has 0 saturated carbocycles. The van der Waals surface area contributed by atoms with Crippen LogP contribution in [-0.2, 0) is 0 Å². The van der Waals surface area contributed by atoms with Crippen molar-refractivity contribution in [3.05, 3.63) is 70.4 Å². The molecule has 174 valence electrons. The van der Waals surface area contributed by atoms with Gasteiger partial charge in [0.05, 0.1) is 0 Å². The topological polar surface area (TPSA) is 90.5 Å². The molecule has 4 aromatic rings. The molecule has 2 heterocycles. The molecule has 2 amide bonds. The van der Waals surface area contributed by atoms with E-state index in [2.05, 4.69) is 20.6 Å². The Labute approximate surface area is 205 Å². The highest BCUT2D eigenvalue weighted by Crippen LogP contribution is 2.28. The molecule has 0 aliphatic carbocycles. The maximum absolute atomic E-state index is 12.5. The molecule has 0 aliphatic rings.